The Balaban J connectivity index is 1.85. The predicted molar refractivity (Wildman–Crippen MR) is 79.6 cm³/mol. The molecule has 1 aromatic carbocycles. The first-order valence-electron chi connectivity index (χ1n) is 6.80. The van der Waals surface area contributed by atoms with E-state index in [1.807, 2.05) is 0 Å². The van der Waals surface area contributed by atoms with Crippen LogP contribution in [0.25, 0.3) is 0 Å². The summed E-state index contributed by atoms with van der Waals surface area (Å²) in [5.41, 5.74) is 0.717. The second-order valence-corrected chi connectivity index (χ2v) is 4.69. The summed E-state index contributed by atoms with van der Waals surface area (Å²) < 4.78 is 5.07. The second-order valence-electron chi connectivity index (χ2n) is 4.69. The molecular weight excluding hydrogens is 272 g/mol. The van der Waals surface area contributed by atoms with Crippen LogP contribution in [-0.4, -0.2) is 62.2 Å². The average molecular weight is 292 g/mol. The monoisotopic (exact) mass is 292 g/mol. The van der Waals surface area contributed by atoms with Gasteiger partial charge in [0.2, 0.25) is 0 Å². The first-order valence-corrected chi connectivity index (χ1v) is 6.80. The largest absolute Gasteiger partial charge is 0.497 e. The number of anilines is 1. The highest BCUT2D eigenvalue weighted by Crippen LogP contribution is 2.15. The Hall–Kier alpha value is -2.44. The molecule has 0 spiro atoms. The van der Waals surface area contributed by atoms with Gasteiger partial charge in [-0.3, -0.25) is 0 Å². The molecule has 2 N–H and O–H groups in total. The van der Waals surface area contributed by atoms with Crippen LogP contribution in [0.5, 0.6) is 5.75 Å². The van der Waals surface area contributed by atoms with E-state index < -0.39 is 0 Å². The summed E-state index contributed by atoms with van der Waals surface area (Å²) in [7, 11) is 3.20. The van der Waals surface area contributed by atoms with Crippen LogP contribution in [0.1, 0.15) is 0 Å². The predicted octanol–water partition coefficient (Wildman–Crippen LogP) is 1.18. The molecule has 7 heteroatoms. The number of hydrogen-bond acceptors (Lipinski definition) is 3. The van der Waals surface area contributed by atoms with E-state index in [-0.39, 0.29) is 12.1 Å². The molecule has 1 fully saturated rings. The first kappa shape index (κ1) is 15.0. The van der Waals surface area contributed by atoms with Crippen molar-refractivity contribution in [2.24, 2.45) is 0 Å². The van der Waals surface area contributed by atoms with E-state index in [2.05, 4.69) is 10.6 Å². The summed E-state index contributed by atoms with van der Waals surface area (Å²) in [4.78, 5) is 27.0. The molecule has 0 aromatic heterocycles. The third kappa shape index (κ3) is 3.77. The van der Waals surface area contributed by atoms with E-state index in [1.54, 1.807) is 48.2 Å². The molecule has 1 aliphatic heterocycles. The number of nitrogens with zero attached hydrogens (tertiary/aromatic N) is 2. The maximum Gasteiger partial charge on any atom is 0.321 e. The van der Waals surface area contributed by atoms with E-state index in [0.717, 1.165) is 11.4 Å². The summed E-state index contributed by atoms with van der Waals surface area (Å²) >= 11 is 0. The summed E-state index contributed by atoms with van der Waals surface area (Å²) in [6.45, 7) is 2.12. The maximum atomic E-state index is 12.1. The number of ether oxygens (including phenoxy) is 1. The highest BCUT2D eigenvalue weighted by Gasteiger charge is 2.23. The first-order chi connectivity index (χ1) is 10.1. The molecule has 4 amide bonds. The summed E-state index contributed by atoms with van der Waals surface area (Å²) in [5, 5.41) is 5.42. The van der Waals surface area contributed by atoms with Crippen LogP contribution in [0, 0.1) is 0 Å². The Morgan fingerprint density at radius 2 is 1.52 bits per heavy atom. The highest BCUT2D eigenvalue weighted by molar-refractivity contribution is 5.89. The highest BCUT2D eigenvalue weighted by atomic mass is 16.5. The zero-order chi connectivity index (χ0) is 15.2. The Morgan fingerprint density at radius 1 is 1.00 bits per heavy atom. The third-order valence-electron chi connectivity index (χ3n) is 3.41. The van der Waals surface area contributed by atoms with E-state index >= 15 is 0 Å². The molecule has 0 aliphatic carbocycles. The molecule has 0 bridgehead atoms. The third-order valence-corrected chi connectivity index (χ3v) is 3.41. The fourth-order valence-corrected chi connectivity index (χ4v) is 2.15. The van der Waals surface area contributed by atoms with Crippen molar-refractivity contribution in [3.63, 3.8) is 0 Å². The van der Waals surface area contributed by atoms with Gasteiger partial charge in [-0.2, -0.15) is 0 Å². The van der Waals surface area contributed by atoms with Crippen LogP contribution in [0.4, 0.5) is 15.3 Å². The van der Waals surface area contributed by atoms with Crippen molar-refractivity contribution in [2.45, 2.75) is 0 Å². The van der Waals surface area contributed by atoms with Crippen molar-refractivity contribution in [1.29, 1.82) is 0 Å². The normalized spacial score (nSPS) is 14.6. The zero-order valence-electron chi connectivity index (χ0n) is 12.3. The standard InChI is InChI=1S/C14H20N4O3/c1-15-13(19)17-7-9-18(10-8-17)14(20)16-11-3-5-12(21-2)6-4-11/h3-6H,7-10H2,1-2H3,(H,15,19)(H,16,20). The lowest BCUT2D eigenvalue weighted by Crippen LogP contribution is -2.53. The van der Waals surface area contributed by atoms with Crippen molar-refractivity contribution in [3.8, 4) is 5.75 Å². The Labute approximate surface area is 123 Å². The minimum absolute atomic E-state index is 0.106. The SMILES string of the molecule is CNC(=O)N1CCN(C(=O)Nc2ccc(OC)cc2)CC1. The molecule has 7 nitrogen and oxygen atoms in total. The van der Waals surface area contributed by atoms with Crippen LogP contribution >= 0.6 is 0 Å². The number of hydrogen-bond donors (Lipinski definition) is 2. The van der Waals surface area contributed by atoms with Gasteiger partial charge in [-0.25, -0.2) is 9.59 Å². The minimum Gasteiger partial charge on any atom is -0.497 e. The Kier molecular flexibility index (Phi) is 4.86. The van der Waals surface area contributed by atoms with E-state index in [4.69, 9.17) is 4.74 Å². The zero-order valence-corrected chi connectivity index (χ0v) is 12.3. The topological polar surface area (TPSA) is 73.9 Å². The van der Waals surface area contributed by atoms with Crippen molar-refractivity contribution >= 4 is 17.7 Å². The van der Waals surface area contributed by atoms with Crippen LogP contribution in [0.3, 0.4) is 0 Å². The molecular formula is C14H20N4O3. The number of urea groups is 2. The summed E-state index contributed by atoms with van der Waals surface area (Å²) in [6.07, 6.45) is 0. The van der Waals surface area contributed by atoms with Gasteiger partial charge in [-0.05, 0) is 24.3 Å². The number of nitrogens with one attached hydrogen (secondary N) is 2. The molecule has 0 atom stereocenters. The van der Waals surface area contributed by atoms with E-state index in [9.17, 15) is 9.59 Å². The molecule has 0 radical (unpaired) electrons. The number of methoxy groups -OCH3 is 1. The minimum atomic E-state index is -0.156. The lowest BCUT2D eigenvalue weighted by molar-refractivity contribution is 0.150. The molecule has 1 aliphatic rings. The molecule has 114 valence electrons. The lowest BCUT2D eigenvalue weighted by atomic mass is 10.3. The fourth-order valence-electron chi connectivity index (χ4n) is 2.15. The van der Waals surface area contributed by atoms with Crippen LogP contribution in [-0.2, 0) is 0 Å². The van der Waals surface area contributed by atoms with Crippen molar-refractivity contribution in [3.05, 3.63) is 24.3 Å². The fraction of sp³-hybridized carbons (Fsp3) is 0.429. The number of rotatable bonds is 2. The molecule has 2 rings (SSSR count). The Morgan fingerprint density at radius 3 is 2.00 bits per heavy atom. The quantitative estimate of drug-likeness (QED) is 0.859. The summed E-state index contributed by atoms with van der Waals surface area (Å²) in [5.74, 6) is 0.743. The number of piperazine rings is 1. The second kappa shape index (κ2) is 6.83. The lowest BCUT2D eigenvalue weighted by Gasteiger charge is -2.34. The smallest absolute Gasteiger partial charge is 0.321 e. The number of amides is 4. The number of carbonyl (C=O) groups is 2. The van der Waals surface area contributed by atoms with Gasteiger partial charge < -0.3 is 25.2 Å². The van der Waals surface area contributed by atoms with Crippen molar-refractivity contribution in [2.75, 3.05) is 45.7 Å². The average Bonchev–Trinajstić information content (AvgIpc) is 2.55. The van der Waals surface area contributed by atoms with Gasteiger partial charge in [-0.15, -0.1) is 0 Å². The number of benzene rings is 1. The number of carbonyl (C=O) groups excluding carboxylic acids is 2. The molecule has 0 saturated carbocycles. The van der Waals surface area contributed by atoms with E-state index in [0.29, 0.717) is 26.2 Å². The van der Waals surface area contributed by atoms with Gasteiger partial charge in [0.1, 0.15) is 5.75 Å². The van der Waals surface area contributed by atoms with Gasteiger partial charge in [0.25, 0.3) is 0 Å². The van der Waals surface area contributed by atoms with Gasteiger partial charge >= 0.3 is 12.1 Å². The van der Waals surface area contributed by atoms with Gasteiger partial charge in [0.15, 0.2) is 0 Å². The van der Waals surface area contributed by atoms with Gasteiger partial charge in [0.05, 0.1) is 7.11 Å². The van der Waals surface area contributed by atoms with Crippen LogP contribution in [0.2, 0.25) is 0 Å². The van der Waals surface area contributed by atoms with Crippen LogP contribution < -0.4 is 15.4 Å². The van der Waals surface area contributed by atoms with Crippen molar-refractivity contribution in [1.82, 2.24) is 15.1 Å². The molecule has 1 aromatic rings. The van der Waals surface area contributed by atoms with Gasteiger partial charge in [0, 0.05) is 38.9 Å². The molecule has 0 unspecified atom stereocenters. The molecule has 21 heavy (non-hydrogen) atoms. The van der Waals surface area contributed by atoms with Gasteiger partial charge in [-0.1, -0.05) is 0 Å². The summed E-state index contributed by atoms with van der Waals surface area (Å²) in [6, 6.07) is 6.90. The molecule has 1 heterocycles. The Bertz CT molecular complexity index is 495. The van der Waals surface area contributed by atoms with E-state index in [1.165, 1.54) is 0 Å². The van der Waals surface area contributed by atoms with Crippen LogP contribution in [0.15, 0.2) is 24.3 Å². The molecule has 1 saturated heterocycles. The maximum absolute atomic E-state index is 12.1. The van der Waals surface area contributed by atoms with Crippen molar-refractivity contribution < 1.29 is 14.3 Å².